The maximum absolute atomic E-state index is 12.5. The highest BCUT2D eigenvalue weighted by Crippen LogP contribution is 2.25. The van der Waals surface area contributed by atoms with Crippen LogP contribution in [-0.4, -0.2) is 62.0 Å². The number of aliphatic hydroxyl groups is 1. The molecule has 0 aromatic rings. The standard InChI is InChI=1S/C45H81NO4/c1-3-5-7-9-11-13-15-17-19-21-23-25-27-29-31-33-37-49-41-43-39-46(45(48)35-36-47)40-44(43)42-50-38-34-32-30-28-26-24-22-20-18-16-14-12-10-8-6-4-2/h11-14,17-20,43-44,47H,3-10,15-16,21-42H2,1-2H3/b13-11-,14-12-,19-17-,20-18-/t43-,44-/m0/s1. The summed E-state index contributed by atoms with van der Waals surface area (Å²) < 4.78 is 12.3. The molecule has 0 aliphatic carbocycles. The van der Waals surface area contributed by atoms with E-state index in [4.69, 9.17) is 9.47 Å². The number of amides is 1. The number of nitrogens with zero attached hydrogens (tertiary/aromatic N) is 1. The number of allylic oxidation sites excluding steroid dienone is 8. The summed E-state index contributed by atoms with van der Waals surface area (Å²) in [6, 6.07) is 0. The first-order chi connectivity index (χ1) is 24.7. The van der Waals surface area contributed by atoms with Crippen LogP contribution in [-0.2, 0) is 14.3 Å². The molecule has 0 aromatic carbocycles. The molecule has 0 saturated carbocycles. The largest absolute Gasteiger partial charge is 0.396 e. The molecule has 50 heavy (non-hydrogen) atoms. The minimum Gasteiger partial charge on any atom is -0.396 e. The van der Waals surface area contributed by atoms with Crippen molar-refractivity contribution >= 4 is 5.91 Å². The highest BCUT2D eigenvalue weighted by atomic mass is 16.5. The Kier molecular flexibility index (Phi) is 34.4. The van der Waals surface area contributed by atoms with E-state index in [1.54, 1.807) is 0 Å². The van der Waals surface area contributed by atoms with Crippen molar-refractivity contribution < 1.29 is 19.4 Å². The summed E-state index contributed by atoms with van der Waals surface area (Å²) in [5.41, 5.74) is 0. The average Bonchev–Trinajstić information content (AvgIpc) is 3.53. The third-order valence-corrected chi connectivity index (χ3v) is 9.90. The Labute approximate surface area is 310 Å². The van der Waals surface area contributed by atoms with Gasteiger partial charge in [-0.05, 0) is 77.0 Å². The maximum atomic E-state index is 12.5. The summed E-state index contributed by atoms with van der Waals surface area (Å²) >= 11 is 0. The van der Waals surface area contributed by atoms with Crippen molar-refractivity contribution in [1.82, 2.24) is 4.90 Å². The molecular formula is C45H81NO4. The van der Waals surface area contributed by atoms with E-state index in [9.17, 15) is 9.90 Å². The summed E-state index contributed by atoms with van der Waals surface area (Å²) in [5.74, 6) is 0.687. The Morgan fingerprint density at radius 3 is 1.28 bits per heavy atom. The van der Waals surface area contributed by atoms with Gasteiger partial charge in [-0.1, -0.05) is 140 Å². The second-order valence-corrected chi connectivity index (χ2v) is 14.6. The molecule has 2 atom stereocenters. The minimum atomic E-state index is -0.0846. The molecule has 1 fully saturated rings. The quantitative estimate of drug-likeness (QED) is 0.0522. The van der Waals surface area contributed by atoms with Crippen molar-refractivity contribution in [2.45, 2.75) is 174 Å². The van der Waals surface area contributed by atoms with Gasteiger partial charge in [0, 0.05) is 44.6 Å². The zero-order chi connectivity index (χ0) is 36.0. The van der Waals surface area contributed by atoms with Gasteiger partial charge in [0.25, 0.3) is 0 Å². The van der Waals surface area contributed by atoms with Crippen molar-refractivity contribution in [2.75, 3.05) is 46.1 Å². The third-order valence-electron chi connectivity index (χ3n) is 9.90. The van der Waals surface area contributed by atoms with Gasteiger partial charge in [0.15, 0.2) is 0 Å². The number of hydrogen-bond acceptors (Lipinski definition) is 4. The molecule has 290 valence electrons. The molecule has 5 heteroatoms. The average molecular weight is 700 g/mol. The van der Waals surface area contributed by atoms with E-state index >= 15 is 0 Å². The van der Waals surface area contributed by atoms with Crippen molar-refractivity contribution in [3.63, 3.8) is 0 Å². The van der Waals surface area contributed by atoms with Crippen LogP contribution < -0.4 is 0 Å². The van der Waals surface area contributed by atoms with Crippen molar-refractivity contribution in [1.29, 1.82) is 0 Å². The molecule has 1 aliphatic heterocycles. The first-order valence-corrected chi connectivity index (χ1v) is 21.4. The molecule has 1 saturated heterocycles. The summed E-state index contributed by atoms with van der Waals surface area (Å²) in [5, 5.41) is 9.27. The fourth-order valence-electron chi connectivity index (χ4n) is 6.63. The van der Waals surface area contributed by atoms with Crippen LogP contribution in [0.15, 0.2) is 48.6 Å². The number of hydrogen-bond donors (Lipinski definition) is 1. The predicted molar refractivity (Wildman–Crippen MR) is 216 cm³/mol. The Balaban J connectivity index is 2.07. The summed E-state index contributed by atoms with van der Waals surface area (Å²) in [6.45, 7) is 8.87. The molecule has 1 aliphatic rings. The van der Waals surface area contributed by atoms with Crippen LogP contribution in [0.1, 0.15) is 174 Å². The number of rotatable bonds is 36. The lowest BCUT2D eigenvalue weighted by atomic mass is 9.98. The summed E-state index contributed by atoms with van der Waals surface area (Å²) in [4.78, 5) is 14.4. The van der Waals surface area contributed by atoms with E-state index in [1.165, 1.54) is 128 Å². The number of unbranched alkanes of at least 4 members (excludes halogenated alkanes) is 18. The monoisotopic (exact) mass is 700 g/mol. The number of carbonyl (C=O) groups is 1. The molecule has 0 bridgehead atoms. The SMILES string of the molecule is CCCCC/C=C\C/C=C\CCCCCCCCOC[C@@H]1CN(C(=O)CCO)C[C@H]1COCCCCCCCC/C=C\C/C=C\CCCCC. The molecule has 5 nitrogen and oxygen atoms in total. The third kappa shape index (κ3) is 28.9. The number of carbonyl (C=O) groups excluding carboxylic acids is 1. The van der Waals surface area contributed by atoms with Gasteiger partial charge in [0.05, 0.1) is 19.8 Å². The van der Waals surface area contributed by atoms with Crippen molar-refractivity contribution in [3.8, 4) is 0 Å². The highest BCUT2D eigenvalue weighted by Gasteiger charge is 2.35. The summed E-state index contributed by atoms with van der Waals surface area (Å²) in [6.07, 6.45) is 48.8. The molecule has 0 aromatic heterocycles. The minimum absolute atomic E-state index is 0.0512. The van der Waals surface area contributed by atoms with Crippen molar-refractivity contribution in [3.05, 3.63) is 48.6 Å². The normalized spacial score (nSPS) is 16.8. The van der Waals surface area contributed by atoms with E-state index in [2.05, 4.69) is 62.5 Å². The van der Waals surface area contributed by atoms with E-state index in [0.29, 0.717) is 25.0 Å². The maximum Gasteiger partial charge on any atom is 0.224 e. The van der Waals surface area contributed by atoms with Gasteiger partial charge < -0.3 is 19.5 Å². The van der Waals surface area contributed by atoms with E-state index < -0.39 is 0 Å². The first-order valence-electron chi connectivity index (χ1n) is 21.4. The molecule has 1 amide bonds. The zero-order valence-electron chi connectivity index (χ0n) is 33.0. The topological polar surface area (TPSA) is 59.0 Å². The molecular weight excluding hydrogens is 618 g/mol. The first kappa shape index (κ1) is 46.3. The molecule has 0 unspecified atom stereocenters. The molecule has 1 N–H and O–H groups in total. The van der Waals surface area contributed by atoms with Gasteiger partial charge >= 0.3 is 0 Å². The molecule has 0 spiro atoms. The Hall–Kier alpha value is -1.69. The Morgan fingerprint density at radius 1 is 0.540 bits per heavy atom. The fraction of sp³-hybridized carbons (Fsp3) is 0.800. The predicted octanol–water partition coefficient (Wildman–Crippen LogP) is 12.1. The van der Waals surface area contributed by atoms with Crippen LogP contribution in [0.5, 0.6) is 0 Å². The zero-order valence-corrected chi connectivity index (χ0v) is 33.0. The fourth-order valence-corrected chi connectivity index (χ4v) is 6.63. The van der Waals surface area contributed by atoms with Gasteiger partial charge in [-0.25, -0.2) is 0 Å². The molecule has 1 heterocycles. The summed E-state index contributed by atoms with van der Waals surface area (Å²) in [7, 11) is 0. The van der Waals surface area contributed by atoms with Crippen LogP contribution in [0, 0.1) is 11.8 Å². The van der Waals surface area contributed by atoms with E-state index in [1.807, 2.05) is 4.90 Å². The number of aliphatic hydroxyl groups excluding tert-OH is 1. The van der Waals surface area contributed by atoms with E-state index in [0.717, 1.165) is 52.0 Å². The Morgan fingerprint density at radius 2 is 0.900 bits per heavy atom. The van der Waals surface area contributed by atoms with Crippen molar-refractivity contribution in [2.24, 2.45) is 11.8 Å². The van der Waals surface area contributed by atoms with Gasteiger partial charge in [0.2, 0.25) is 5.91 Å². The lowest BCUT2D eigenvalue weighted by Crippen LogP contribution is -2.30. The van der Waals surface area contributed by atoms with Gasteiger partial charge in [0.1, 0.15) is 0 Å². The van der Waals surface area contributed by atoms with Crippen LogP contribution >= 0.6 is 0 Å². The lowest BCUT2D eigenvalue weighted by Gasteiger charge is -2.18. The molecule has 0 radical (unpaired) electrons. The van der Waals surface area contributed by atoms with Gasteiger partial charge in [-0.3, -0.25) is 4.79 Å². The van der Waals surface area contributed by atoms with Gasteiger partial charge in [-0.15, -0.1) is 0 Å². The molecule has 1 rings (SSSR count). The van der Waals surface area contributed by atoms with Gasteiger partial charge in [-0.2, -0.15) is 0 Å². The van der Waals surface area contributed by atoms with Crippen LogP contribution in [0.25, 0.3) is 0 Å². The van der Waals surface area contributed by atoms with Crippen LogP contribution in [0.4, 0.5) is 0 Å². The Bertz CT molecular complexity index is 790. The van der Waals surface area contributed by atoms with E-state index in [-0.39, 0.29) is 18.9 Å². The number of ether oxygens (including phenoxy) is 2. The second-order valence-electron chi connectivity index (χ2n) is 14.6. The smallest absolute Gasteiger partial charge is 0.224 e. The second kappa shape index (κ2) is 37.1. The highest BCUT2D eigenvalue weighted by molar-refractivity contribution is 5.76. The van der Waals surface area contributed by atoms with Crippen LogP contribution in [0.2, 0.25) is 0 Å². The lowest BCUT2D eigenvalue weighted by molar-refractivity contribution is -0.131. The number of likely N-dealkylation sites (tertiary alicyclic amines) is 1. The van der Waals surface area contributed by atoms with Crippen LogP contribution in [0.3, 0.4) is 0 Å².